The lowest BCUT2D eigenvalue weighted by Crippen LogP contribution is -2.08. The summed E-state index contributed by atoms with van der Waals surface area (Å²) in [5, 5.41) is 2.61. The standard InChI is InChI=1S/C12H13ClF3N/c1-8(2)5-6-17-9-3-4-11(13)10(7-9)12(14,15)16/h3-4,7,17H,1,5-6H2,2H3. The van der Waals surface area contributed by atoms with Crippen LogP contribution in [-0.4, -0.2) is 6.54 Å². The number of anilines is 1. The lowest BCUT2D eigenvalue weighted by molar-refractivity contribution is -0.137. The zero-order valence-corrected chi connectivity index (χ0v) is 10.1. The highest BCUT2D eigenvalue weighted by Gasteiger charge is 2.33. The second kappa shape index (κ2) is 5.45. The van der Waals surface area contributed by atoms with E-state index in [9.17, 15) is 13.2 Å². The fraction of sp³-hybridized carbons (Fsp3) is 0.333. The van der Waals surface area contributed by atoms with E-state index < -0.39 is 11.7 Å². The first-order valence-electron chi connectivity index (χ1n) is 5.05. The highest BCUT2D eigenvalue weighted by molar-refractivity contribution is 6.31. The summed E-state index contributed by atoms with van der Waals surface area (Å²) in [6.07, 6.45) is -3.72. The molecule has 0 saturated carbocycles. The number of hydrogen-bond acceptors (Lipinski definition) is 1. The number of nitrogens with one attached hydrogen (secondary N) is 1. The molecule has 0 heterocycles. The molecule has 1 nitrogen and oxygen atoms in total. The van der Waals surface area contributed by atoms with Gasteiger partial charge in [0.15, 0.2) is 0 Å². The predicted octanol–water partition coefficient (Wildman–Crippen LogP) is 4.74. The van der Waals surface area contributed by atoms with E-state index in [4.69, 9.17) is 11.6 Å². The van der Waals surface area contributed by atoms with E-state index in [1.54, 1.807) is 0 Å². The quantitative estimate of drug-likeness (QED) is 0.774. The van der Waals surface area contributed by atoms with Crippen LogP contribution < -0.4 is 5.32 Å². The van der Waals surface area contributed by atoms with Gasteiger partial charge in [0, 0.05) is 12.2 Å². The maximum Gasteiger partial charge on any atom is 0.417 e. The molecule has 0 aromatic heterocycles. The smallest absolute Gasteiger partial charge is 0.385 e. The Labute approximate surface area is 103 Å². The molecule has 0 spiro atoms. The third kappa shape index (κ3) is 4.30. The van der Waals surface area contributed by atoms with Gasteiger partial charge in [-0.15, -0.1) is 6.58 Å². The molecule has 0 unspecified atom stereocenters. The van der Waals surface area contributed by atoms with Gasteiger partial charge in [0.05, 0.1) is 10.6 Å². The van der Waals surface area contributed by atoms with Crippen molar-refractivity contribution in [2.75, 3.05) is 11.9 Å². The molecule has 0 aliphatic heterocycles. The van der Waals surface area contributed by atoms with Crippen LogP contribution in [0, 0.1) is 0 Å². The van der Waals surface area contributed by atoms with E-state index in [2.05, 4.69) is 11.9 Å². The Hall–Kier alpha value is -1.16. The van der Waals surface area contributed by atoms with Crippen molar-refractivity contribution in [1.82, 2.24) is 0 Å². The third-order valence-corrected chi connectivity index (χ3v) is 2.48. The van der Waals surface area contributed by atoms with Crippen LogP contribution >= 0.6 is 11.6 Å². The van der Waals surface area contributed by atoms with Crippen molar-refractivity contribution >= 4 is 17.3 Å². The van der Waals surface area contributed by atoms with Crippen molar-refractivity contribution in [2.45, 2.75) is 19.5 Å². The molecule has 0 bridgehead atoms. The molecule has 0 aliphatic rings. The largest absolute Gasteiger partial charge is 0.417 e. The summed E-state index contributed by atoms with van der Waals surface area (Å²) >= 11 is 5.50. The van der Waals surface area contributed by atoms with E-state index >= 15 is 0 Å². The summed E-state index contributed by atoms with van der Waals surface area (Å²) < 4.78 is 37.7. The molecule has 17 heavy (non-hydrogen) atoms. The summed E-state index contributed by atoms with van der Waals surface area (Å²) in [5.74, 6) is 0. The first kappa shape index (κ1) is 13.9. The second-order valence-electron chi connectivity index (χ2n) is 3.83. The van der Waals surface area contributed by atoms with Gasteiger partial charge < -0.3 is 5.32 Å². The Kier molecular flexibility index (Phi) is 4.46. The molecule has 1 rings (SSSR count). The monoisotopic (exact) mass is 263 g/mol. The van der Waals surface area contributed by atoms with Crippen LogP contribution in [0.25, 0.3) is 0 Å². The Balaban J connectivity index is 2.79. The number of alkyl halides is 3. The Bertz CT molecular complexity index is 413. The van der Waals surface area contributed by atoms with Gasteiger partial charge in [0.1, 0.15) is 0 Å². The average Bonchev–Trinajstić information content (AvgIpc) is 2.18. The van der Waals surface area contributed by atoms with Crippen LogP contribution in [0.1, 0.15) is 18.9 Å². The van der Waals surface area contributed by atoms with Crippen LogP contribution in [0.15, 0.2) is 30.4 Å². The van der Waals surface area contributed by atoms with Gasteiger partial charge in [-0.2, -0.15) is 13.2 Å². The van der Waals surface area contributed by atoms with E-state index in [1.807, 2.05) is 6.92 Å². The highest BCUT2D eigenvalue weighted by atomic mass is 35.5. The maximum atomic E-state index is 12.6. The molecule has 5 heteroatoms. The fourth-order valence-corrected chi connectivity index (χ4v) is 1.50. The number of benzene rings is 1. The minimum atomic E-state index is -4.43. The molecule has 1 aromatic carbocycles. The van der Waals surface area contributed by atoms with E-state index in [1.165, 1.54) is 12.1 Å². The Morgan fingerprint density at radius 2 is 2.06 bits per heavy atom. The van der Waals surface area contributed by atoms with Crippen molar-refractivity contribution in [3.8, 4) is 0 Å². The molecular weight excluding hydrogens is 251 g/mol. The summed E-state index contributed by atoms with van der Waals surface area (Å²) in [5.41, 5.74) is 0.560. The third-order valence-electron chi connectivity index (χ3n) is 2.15. The lowest BCUT2D eigenvalue weighted by Gasteiger charge is -2.12. The van der Waals surface area contributed by atoms with Crippen LogP contribution in [0.3, 0.4) is 0 Å². The van der Waals surface area contributed by atoms with Crippen molar-refractivity contribution in [2.24, 2.45) is 0 Å². The first-order chi connectivity index (χ1) is 7.80. The summed E-state index contributed by atoms with van der Waals surface area (Å²) in [6.45, 7) is 6.13. The van der Waals surface area contributed by atoms with Crippen molar-refractivity contribution in [3.05, 3.63) is 40.9 Å². The first-order valence-corrected chi connectivity index (χ1v) is 5.43. The molecule has 0 aliphatic carbocycles. The fourth-order valence-electron chi connectivity index (χ4n) is 1.27. The maximum absolute atomic E-state index is 12.6. The van der Waals surface area contributed by atoms with E-state index in [-0.39, 0.29) is 5.02 Å². The molecule has 0 fully saturated rings. The molecular formula is C12H13ClF3N. The molecule has 0 saturated heterocycles. The molecule has 0 amide bonds. The van der Waals surface area contributed by atoms with Gasteiger partial charge in [-0.1, -0.05) is 17.2 Å². The lowest BCUT2D eigenvalue weighted by atomic mass is 10.2. The molecule has 94 valence electrons. The molecule has 1 aromatic rings. The van der Waals surface area contributed by atoms with Gasteiger partial charge in [-0.3, -0.25) is 0 Å². The van der Waals surface area contributed by atoms with Crippen LogP contribution in [0.4, 0.5) is 18.9 Å². The normalized spacial score (nSPS) is 11.4. The zero-order chi connectivity index (χ0) is 13.1. The van der Waals surface area contributed by atoms with Gasteiger partial charge in [-0.05, 0) is 31.5 Å². The number of hydrogen-bond donors (Lipinski definition) is 1. The topological polar surface area (TPSA) is 12.0 Å². The Morgan fingerprint density at radius 1 is 1.41 bits per heavy atom. The van der Waals surface area contributed by atoms with Gasteiger partial charge in [0.2, 0.25) is 0 Å². The minimum absolute atomic E-state index is 0.289. The molecule has 0 radical (unpaired) electrons. The SMILES string of the molecule is C=C(C)CCNc1ccc(Cl)c(C(F)(F)F)c1. The van der Waals surface area contributed by atoms with Gasteiger partial charge in [-0.25, -0.2) is 0 Å². The van der Waals surface area contributed by atoms with Crippen molar-refractivity contribution in [3.63, 3.8) is 0 Å². The van der Waals surface area contributed by atoms with Gasteiger partial charge in [0.25, 0.3) is 0 Å². The summed E-state index contributed by atoms with van der Waals surface area (Å²) in [4.78, 5) is 0. The minimum Gasteiger partial charge on any atom is -0.385 e. The van der Waals surface area contributed by atoms with Crippen molar-refractivity contribution < 1.29 is 13.2 Å². The van der Waals surface area contributed by atoms with Crippen LogP contribution in [0.2, 0.25) is 5.02 Å². The predicted molar refractivity (Wildman–Crippen MR) is 64.4 cm³/mol. The summed E-state index contributed by atoms with van der Waals surface area (Å²) in [7, 11) is 0. The van der Waals surface area contributed by atoms with Crippen LogP contribution in [-0.2, 0) is 6.18 Å². The summed E-state index contributed by atoms with van der Waals surface area (Å²) in [6, 6.07) is 3.78. The zero-order valence-electron chi connectivity index (χ0n) is 9.37. The van der Waals surface area contributed by atoms with Crippen molar-refractivity contribution in [1.29, 1.82) is 0 Å². The number of rotatable bonds is 4. The second-order valence-corrected chi connectivity index (χ2v) is 4.23. The number of halogens is 4. The van der Waals surface area contributed by atoms with Gasteiger partial charge >= 0.3 is 6.18 Å². The average molecular weight is 264 g/mol. The highest BCUT2D eigenvalue weighted by Crippen LogP contribution is 2.36. The Morgan fingerprint density at radius 3 is 2.59 bits per heavy atom. The van der Waals surface area contributed by atoms with Crippen LogP contribution in [0.5, 0.6) is 0 Å². The van der Waals surface area contributed by atoms with E-state index in [0.717, 1.165) is 11.6 Å². The van der Waals surface area contributed by atoms with E-state index in [0.29, 0.717) is 18.7 Å². The molecule has 1 N–H and O–H groups in total. The molecule has 0 atom stereocenters.